The number of methoxy groups -OCH3 is 1. The first kappa shape index (κ1) is 19.1. The highest BCUT2D eigenvalue weighted by Crippen LogP contribution is 2.34. The number of benzene rings is 1. The Kier molecular flexibility index (Phi) is 6.42. The van der Waals surface area contributed by atoms with E-state index in [1.54, 1.807) is 24.3 Å². The second kappa shape index (κ2) is 8.75. The standard InChI is InChI=1S/C18H16N4O3S/c1-3-25-12-6-4-11(5-7-12)16-13(8-19)17(21)22-18(14(16)9-20)26-10-15(23)24-2/h4-7H,3,10H2,1-2H3,(H2,21,22)/p+1. The Morgan fingerprint density at radius 3 is 2.42 bits per heavy atom. The van der Waals surface area contributed by atoms with Gasteiger partial charge in [-0.2, -0.15) is 10.5 Å². The summed E-state index contributed by atoms with van der Waals surface area (Å²) in [5.41, 5.74) is 7.46. The Labute approximate surface area is 155 Å². The normalized spacial score (nSPS) is 9.85. The van der Waals surface area contributed by atoms with Crippen molar-refractivity contribution < 1.29 is 19.3 Å². The third kappa shape index (κ3) is 4.05. The predicted octanol–water partition coefficient (Wildman–Crippen LogP) is 2.16. The number of rotatable bonds is 6. The molecule has 1 aromatic carbocycles. The van der Waals surface area contributed by atoms with Crippen molar-refractivity contribution in [2.75, 3.05) is 25.2 Å². The number of anilines is 1. The number of aromatic amines is 1. The SMILES string of the molecule is CCOc1ccc(-c2c(C#N)c(N)[nH+]c(SCC(=O)OC)c2C#N)cc1. The van der Waals surface area contributed by atoms with E-state index in [2.05, 4.69) is 15.8 Å². The Hall–Kier alpha value is -3.23. The predicted molar refractivity (Wildman–Crippen MR) is 96.2 cm³/mol. The molecule has 1 aromatic heterocycles. The lowest BCUT2D eigenvalue weighted by atomic mass is 9.97. The number of ether oxygens (including phenoxy) is 2. The van der Waals surface area contributed by atoms with E-state index in [0.717, 1.165) is 11.8 Å². The minimum atomic E-state index is -0.433. The van der Waals surface area contributed by atoms with Gasteiger partial charge in [0.2, 0.25) is 0 Å². The summed E-state index contributed by atoms with van der Waals surface area (Å²) in [6.07, 6.45) is 0. The van der Waals surface area contributed by atoms with Crippen LogP contribution < -0.4 is 15.5 Å². The summed E-state index contributed by atoms with van der Waals surface area (Å²) in [5, 5.41) is 19.6. The van der Waals surface area contributed by atoms with Crippen LogP contribution in [0.1, 0.15) is 18.1 Å². The zero-order valence-corrected chi connectivity index (χ0v) is 15.1. The first-order valence-electron chi connectivity index (χ1n) is 7.67. The van der Waals surface area contributed by atoms with E-state index in [1.807, 2.05) is 13.0 Å². The first-order chi connectivity index (χ1) is 12.5. The van der Waals surface area contributed by atoms with Gasteiger partial charge in [-0.3, -0.25) is 10.5 Å². The molecule has 132 valence electrons. The average molecular weight is 369 g/mol. The number of thioether (sulfide) groups is 1. The van der Waals surface area contributed by atoms with Gasteiger partial charge in [-0.1, -0.05) is 23.9 Å². The molecule has 0 bridgehead atoms. The number of H-pyrrole nitrogens is 1. The molecule has 0 saturated carbocycles. The summed E-state index contributed by atoms with van der Waals surface area (Å²) in [6.45, 7) is 2.42. The highest BCUT2D eigenvalue weighted by Gasteiger charge is 2.24. The zero-order valence-electron chi connectivity index (χ0n) is 14.3. The van der Waals surface area contributed by atoms with Crippen LogP contribution in [-0.2, 0) is 9.53 Å². The van der Waals surface area contributed by atoms with Gasteiger partial charge in [0.05, 0.1) is 19.5 Å². The fourth-order valence-electron chi connectivity index (χ4n) is 2.31. The molecule has 0 aliphatic carbocycles. The zero-order chi connectivity index (χ0) is 19.1. The maximum atomic E-state index is 11.4. The van der Waals surface area contributed by atoms with E-state index < -0.39 is 5.97 Å². The lowest BCUT2D eigenvalue weighted by Crippen LogP contribution is -2.19. The Morgan fingerprint density at radius 1 is 1.23 bits per heavy atom. The maximum Gasteiger partial charge on any atom is 0.316 e. The molecule has 26 heavy (non-hydrogen) atoms. The number of hydrogen-bond acceptors (Lipinski definition) is 7. The molecule has 0 spiro atoms. The van der Waals surface area contributed by atoms with Gasteiger partial charge in [0.15, 0.2) is 5.03 Å². The maximum absolute atomic E-state index is 11.4. The van der Waals surface area contributed by atoms with Gasteiger partial charge in [0.25, 0.3) is 5.82 Å². The molecule has 8 heteroatoms. The number of nitriles is 2. The van der Waals surface area contributed by atoms with Gasteiger partial charge in [0.1, 0.15) is 29.0 Å². The lowest BCUT2D eigenvalue weighted by molar-refractivity contribution is -0.410. The lowest BCUT2D eigenvalue weighted by Gasteiger charge is -2.11. The van der Waals surface area contributed by atoms with Crippen molar-refractivity contribution in [3.63, 3.8) is 0 Å². The number of aromatic nitrogens is 1. The largest absolute Gasteiger partial charge is 0.494 e. The third-order valence-corrected chi connectivity index (χ3v) is 4.46. The highest BCUT2D eigenvalue weighted by molar-refractivity contribution is 7.99. The van der Waals surface area contributed by atoms with Crippen molar-refractivity contribution in [1.29, 1.82) is 10.5 Å². The van der Waals surface area contributed by atoms with Gasteiger partial charge in [-0.15, -0.1) is 0 Å². The van der Waals surface area contributed by atoms with Crippen molar-refractivity contribution in [2.24, 2.45) is 0 Å². The molecular formula is C18H17N4O3S+. The van der Waals surface area contributed by atoms with E-state index in [1.165, 1.54) is 7.11 Å². The molecule has 0 fully saturated rings. The summed E-state index contributed by atoms with van der Waals surface area (Å²) < 4.78 is 10.0. The number of hydrogen-bond donors (Lipinski definition) is 1. The fourth-order valence-corrected chi connectivity index (χ4v) is 3.17. The number of carbonyl (C=O) groups is 1. The summed E-state index contributed by atoms with van der Waals surface area (Å²) in [6, 6.07) is 11.2. The van der Waals surface area contributed by atoms with E-state index >= 15 is 0 Å². The molecule has 0 atom stereocenters. The summed E-state index contributed by atoms with van der Waals surface area (Å²) in [5.74, 6) is 0.389. The van der Waals surface area contributed by atoms with E-state index in [0.29, 0.717) is 28.5 Å². The van der Waals surface area contributed by atoms with E-state index in [-0.39, 0.29) is 22.7 Å². The molecular weight excluding hydrogens is 352 g/mol. The van der Waals surface area contributed by atoms with Crippen LogP contribution in [0.3, 0.4) is 0 Å². The molecule has 0 aliphatic rings. The highest BCUT2D eigenvalue weighted by atomic mass is 32.2. The molecule has 2 aromatic rings. The van der Waals surface area contributed by atoms with Gasteiger partial charge in [-0.25, -0.2) is 4.98 Å². The molecule has 0 saturated heterocycles. The van der Waals surface area contributed by atoms with Gasteiger partial charge < -0.3 is 9.47 Å². The van der Waals surface area contributed by atoms with Crippen LogP contribution in [0.15, 0.2) is 29.3 Å². The molecule has 0 radical (unpaired) electrons. The Balaban J connectivity index is 2.58. The Morgan fingerprint density at radius 2 is 1.88 bits per heavy atom. The summed E-state index contributed by atoms with van der Waals surface area (Å²) >= 11 is 1.09. The quantitative estimate of drug-likeness (QED) is 0.611. The van der Waals surface area contributed by atoms with Crippen molar-refractivity contribution in [3.8, 4) is 29.0 Å². The van der Waals surface area contributed by atoms with Crippen LogP contribution >= 0.6 is 11.8 Å². The summed E-state index contributed by atoms with van der Waals surface area (Å²) in [4.78, 5) is 14.2. The monoisotopic (exact) mass is 369 g/mol. The van der Waals surface area contributed by atoms with Gasteiger partial charge in [-0.05, 0) is 24.6 Å². The van der Waals surface area contributed by atoms with Gasteiger partial charge >= 0.3 is 5.97 Å². The fraction of sp³-hybridized carbons (Fsp3) is 0.222. The minimum Gasteiger partial charge on any atom is -0.494 e. The van der Waals surface area contributed by atoms with Crippen molar-refractivity contribution in [3.05, 3.63) is 35.4 Å². The molecule has 0 unspecified atom stereocenters. The smallest absolute Gasteiger partial charge is 0.316 e. The van der Waals surface area contributed by atoms with Crippen LogP contribution in [0, 0.1) is 22.7 Å². The third-order valence-electron chi connectivity index (χ3n) is 3.48. The number of nitrogen functional groups attached to an aromatic ring is 1. The van der Waals surface area contributed by atoms with Crippen LogP contribution in [-0.4, -0.2) is 25.4 Å². The van der Waals surface area contributed by atoms with Crippen LogP contribution in [0.25, 0.3) is 11.1 Å². The average Bonchev–Trinajstić information content (AvgIpc) is 2.66. The van der Waals surface area contributed by atoms with E-state index in [4.69, 9.17) is 10.5 Å². The molecule has 7 nitrogen and oxygen atoms in total. The molecule has 2 rings (SSSR count). The van der Waals surface area contributed by atoms with Crippen molar-refractivity contribution in [1.82, 2.24) is 0 Å². The first-order valence-corrected chi connectivity index (χ1v) is 8.66. The molecule has 0 aliphatic heterocycles. The topological polar surface area (TPSA) is 123 Å². The Bertz CT molecular complexity index is 899. The number of carbonyl (C=O) groups excluding carboxylic acids is 1. The second-order valence-corrected chi connectivity index (χ2v) is 6.02. The molecule has 1 heterocycles. The van der Waals surface area contributed by atoms with Crippen molar-refractivity contribution >= 4 is 23.5 Å². The van der Waals surface area contributed by atoms with Crippen LogP contribution in [0.4, 0.5) is 5.82 Å². The van der Waals surface area contributed by atoms with Crippen LogP contribution in [0.5, 0.6) is 5.75 Å². The minimum absolute atomic E-state index is 0.00966. The van der Waals surface area contributed by atoms with Crippen LogP contribution in [0.2, 0.25) is 0 Å². The summed E-state index contributed by atoms with van der Waals surface area (Å²) in [7, 11) is 1.29. The molecule has 3 N–H and O–H groups in total. The number of nitrogens with zero attached hydrogens (tertiary/aromatic N) is 2. The number of nitrogens with two attached hydrogens (primary N) is 1. The van der Waals surface area contributed by atoms with Crippen molar-refractivity contribution in [2.45, 2.75) is 11.9 Å². The second-order valence-electron chi connectivity index (χ2n) is 5.04. The number of pyridine rings is 1. The number of nitrogens with one attached hydrogen (secondary N) is 1. The van der Waals surface area contributed by atoms with E-state index in [9.17, 15) is 15.3 Å². The van der Waals surface area contributed by atoms with Gasteiger partial charge in [0, 0.05) is 5.56 Å². The number of esters is 1. The molecule has 0 amide bonds.